The van der Waals surface area contributed by atoms with E-state index in [1.165, 1.54) is 17.8 Å². The van der Waals surface area contributed by atoms with Gasteiger partial charge in [-0.25, -0.2) is 0 Å². The van der Waals surface area contributed by atoms with E-state index in [0.717, 1.165) is 43.2 Å². The Labute approximate surface area is 151 Å². The summed E-state index contributed by atoms with van der Waals surface area (Å²) in [6.45, 7) is 3.58. The molecule has 4 nitrogen and oxygen atoms in total. The Morgan fingerprint density at radius 2 is 2.12 bits per heavy atom. The van der Waals surface area contributed by atoms with Crippen LogP contribution in [0, 0.1) is 5.92 Å². The predicted octanol–water partition coefficient (Wildman–Crippen LogP) is 3.53. The van der Waals surface area contributed by atoms with Gasteiger partial charge in [0.15, 0.2) is 0 Å². The molecule has 0 aliphatic carbocycles. The van der Waals surface area contributed by atoms with E-state index in [9.17, 15) is 4.79 Å². The van der Waals surface area contributed by atoms with Crippen LogP contribution in [0.2, 0.25) is 4.34 Å². The normalized spacial score (nSPS) is 24.1. The number of carbonyl (C=O) groups excluding carboxylic acids is 1. The van der Waals surface area contributed by atoms with Gasteiger partial charge in [-0.1, -0.05) is 17.7 Å². The summed E-state index contributed by atoms with van der Waals surface area (Å²) in [5.74, 6) is 0.676. The average Bonchev–Trinajstić information content (AvgIpc) is 2.83. The van der Waals surface area contributed by atoms with Crippen molar-refractivity contribution in [3.63, 3.8) is 0 Å². The summed E-state index contributed by atoms with van der Waals surface area (Å²) in [6, 6.07) is 10.1. The summed E-state index contributed by atoms with van der Waals surface area (Å²) >= 11 is 7.36. The Morgan fingerprint density at radius 1 is 1.21 bits per heavy atom. The first-order chi connectivity index (χ1) is 11.7. The zero-order valence-corrected chi connectivity index (χ0v) is 15.0. The number of hydrogen-bond donors (Lipinski definition) is 0. The Balaban J connectivity index is 1.49. The molecule has 2 aromatic rings. The number of aromatic nitrogens is 1. The van der Waals surface area contributed by atoms with Gasteiger partial charge in [0.25, 0.3) is 5.91 Å². The summed E-state index contributed by atoms with van der Waals surface area (Å²) in [5.41, 5.74) is 1.10. The fourth-order valence-corrected chi connectivity index (χ4v) is 4.83. The lowest BCUT2D eigenvalue weighted by Crippen LogP contribution is -2.44. The predicted molar refractivity (Wildman–Crippen MR) is 96.4 cm³/mol. The van der Waals surface area contributed by atoms with E-state index in [0.29, 0.717) is 16.3 Å². The van der Waals surface area contributed by atoms with E-state index in [4.69, 9.17) is 11.6 Å². The minimum atomic E-state index is 0.128. The second-order valence-corrected chi connectivity index (χ2v) is 8.38. The molecule has 2 atom stereocenters. The zero-order chi connectivity index (χ0) is 16.5. The van der Waals surface area contributed by atoms with Crippen LogP contribution < -0.4 is 0 Å². The van der Waals surface area contributed by atoms with Crippen molar-refractivity contribution in [1.82, 2.24) is 14.8 Å². The smallest absolute Gasteiger partial charge is 0.264 e. The minimum Gasteiger partial charge on any atom is -0.336 e. The van der Waals surface area contributed by atoms with Gasteiger partial charge in [0.05, 0.1) is 14.9 Å². The van der Waals surface area contributed by atoms with Gasteiger partial charge in [-0.2, -0.15) is 0 Å². The number of halogens is 1. The molecule has 2 bridgehead atoms. The molecule has 126 valence electrons. The lowest BCUT2D eigenvalue weighted by Gasteiger charge is -2.35. The summed E-state index contributed by atoms with van der Waals surface area (Å²) in [6.07, 6.45) is 4.21. The van der Waals surface area contributed by atoms with Crippen LogP contribution in [0.5, 0.6) is 0 Å². The number of rotatable bonds is 3. The average molecular weight is 362 g/mol. The fourth-order valence-electron chi connectivity index (χ4n) is 3.82. The van der Waals surface area contributed by atoms with E-state index >= 15 is 0 Å². The van der Waals surface area contributed by atoms with Crippen molar-refractivity contribution in [2.24, 2.45) is 5.92 Å². The highest BCUT2D eigenvalue weighted by Gasteiger charge is 2.36. The quantitative estimate of drug-likeness (QED) is 0.839. The lowest BCUT2D eigenvalue weighted by molar-refractivity contribution is 0.0740. The lowest BCUT2D eigenvalue weighted by atomic mass is 9.95. The molecule has 3 fully saturated rings. The third kappa shape index (κ3) is 3.34. The highest BCUT2D eigenvalue weighted by Crippen LogP contribution is 2.31. The standard InChI is InChI=1S/C18H20ClN3OS/c19-17-7-6-16(24-17)18(23)22-10-13-4-5-15(12-22)21(9-13)11-14-3-1-2-8-20-14/h1-3,6-8,13,15H,4-5,9-12H2/t13-,15-/m0/s1. The second kappa shape index (κ2) is 6.82. The van der Waals surface area contributed by atoms with Crippen molar-refractivity contribution in [1.29, 1.82) is 0 Å². The molecule has 3 aliphatic heterocycles. The Bertz CT molecular complexity index is 720. The maximum atomic E-state index is 12.8. The fraction of sp³-hybridized carbons (Fsp3) is 0.444. The molecule has 6 heteroatoms. The van der Waals surface area contributed by atoms with Crippen LogP contribution in [0.15, 0.2) is 36.5 Å². The van der Waals surface area contributed by atoms with Gasteiger partial charge >= 0.3 is 0 Å². The monoisotopic (exact) mass is 361 g/mol. The molecule has 3 saturated heterocycles. The molecule has 24 heavy (non-hydrogen) atoms. The topological polar surface area (TPSA) is 36.4 Å². The van der Waals surface area contributed by atoms with Crippen molar-refractivity contribution in [2.75, 3.05) is 19.6 Å². The number of piperidine rings is 1. The number of nitrogens with zero attached hydrogens (tertiary/aromatic N) is 3. The third-order valence-electron chi connectivity index (χ3n) is 4.99. The van der Waals surface area contributed by atoms with Crippen LogP contribution in [-0.4, -0.2) is 46.4 Å². The molecule has 0 N–H and O–H groups in total. The van der Waals surface area contributed by atoms with E-state index < -0.39 is 0 Å². The Hall–Kier alpha value is -1.43. The first-order valence-electron chi connectivity index (χ1n) is 8.37. The van der Waals surface area contributed by atoms with Crippen molar-refractivity contribution in [3.05, 3.63) is 51.4 Å². The molecular formula is C18H20ClN3OS. The van der Waals surface area contributed by atoms with Gasteiger partial charge in [0.1, 0.15) is 0 Å². The number of fused-ring (bicyclic) bond motifs is 4. The molecule has 0 saturated carbocycles. The molecule has 5 rings (SSSR count). The van der Waals surface area contributed by atoms with Gasteiger partial charge in [-0.3, -0.25) is 14.7 Å². The highest BCUT2D eigenvalue weighted by molar-refractivity contribution is 7.17. The molecule has 2 aromatic heterocycles. The number of amides is 1. The molecule has 0 aromatic carbocycles. The van der Waals surface area contributed by atoms with Crippen molar-refractivity contribution >= 4 is 28.8 Å². The molecule has 0 unspecified atom stereocenters. The second-order valence-electron chi connectivity index (χ2n) is 6.66. The van der Waals surface area contributed by atoms with Gasteiger partial charge in [0, 0.05) is 38.4 Å². The van der Waals surface area contributed by atoms with Gasteiger partial charge in [-0.05, 0) is 43.0 Å². The summed E-state index contributed by atoms with van der Waals surface area (Å²) in [5, 5.41) is 0. The van der Waals surface area contributed by atoms with Crippen LogP contribution in [-0.2, 0) is 6.54 Å². The number of pyridine rings is 1. The maximum absolute atomic E-state index is 12.8. The first-order valence-corrected chi connectivity index (χ1v) is 9.57. The van der Waals surface area contributed by atoms with Crippen molar-refractivity contribution in [3.8, 4) is 0 Å². The zero-order valence-electron chi connectivity index (χ0n) is 13.4. The molecule has 0 spiro atoms. The van der Waals surface area contributed by atoms with E-state index in [-0.39, 0.29) is 5.91 Å². The van der Waals surface area contributed by atoms with E-state index in [2.05, 4.69) is 16.0 Å². The largest absolute Gasteiger partial charge is 0.336 e. The summed E-state index contributed by atoms with van der Waals surface area (Å²) in [4.78, 5) is 22.5. The summed E-state index contributed by atoms with van der Waals surface area (Å²) in [7, 11) is 0. The van der Waals surface area contributed by atoms with Crippen LogP contribution in [0.4, 0.5) is 0 Å². The molecule has 1 amide bonds. The Kier molecular flexibility index (Phi) is 4.57. The third-order valence-corrected chi connectivity index (χ3v) is 6.21. The van der Waals surface area contributed by atoms with Crippen molar-refractivity contribution in [2.45, 2.75) is 25.4 Å². The van der Waals surface area contributed by atoms with Crippen LogP contribution in [0.25, 0.3) is 0 Å². The maximum Gasteiger partial charge on any atom is 0.264 e. The van der Waals surface area contributed by atoms with Crippen molar-refractivity contribution < 1.29 is 4.79 Å². The van der Waals surface area contributed by atoms with Gasteiger partial charge in [0.2, 0.25) is 0 Å². The first kappa shape index (κ1) is 16.1. The highest BCUT2D eigenvalue weighted by atomic mass is 35.5. The van der Waals surface area contributed by atoms with Gasteiger partial charge in [-0.15, -0.1) is 11.3 Å². The van der Waals surface area contributed by atoms with Gasteiger partial charge < -0.3 is 4.90 Å². The van der Waals surface area contributed by atoms with Crippen LogP contribution in [0.3, 0.4) is 0 Å². The number of thiophene rings is 1. The number of hydrogen-bond acceptors (Lipinski definition) is 4. The van der Waals surface area contributed by atoms with E-state index in [1.807, 2.05) is 29.3 Å². The van der Waals surface area contributed by atoms with Crippen LogP contribution in [0.1, 0.15) is 28.2 Å². The minimum absolute atomic E-state index is 0.128. The Morgan fingerprint density at radius 3 is 2.88 bits per heavy atom. The molecule has 3 aliphatic rings. The summed E-state index contributed by atoms with van der Waals surface area (Å²) < 4.78 is 0.674. The SMILES string of the molecule is O=C(c1ccc(Cl)s1)N1C[C@H]2CC[C@@H](C1)N(Cc1ccccn1)C2. The van der Waals surface area contributed by atoms with E-state index in [1.54, 1.807) is 6.07 Å². The molecular weight excluding hydrogens is 342 g/mol. The molecule has 5 heterocycles. The molecule has 0 radical (unpaired) electrons. The van der Waals surface area contributed by atoms with Crippen LogP contribution >= 0.6 is 22.9 Å². The number of carbonyl (C=O) groups is 1.